The number of nitrogens with zero attached hydrogens (tertiary/aromatic N) is 2. The summed E-state index contributed by atoms with van der Waals surface area (Å²) in [5.74, 6) is -0.563. The molecule has 0 heterocycles. The monoisotopic (exact) mass is 631 g/mol. The van der Waals surface area contributed by atoms with E-state index >= 15 is 0 Å². The lowest BCUT2D eigenvalue weighted by atomic mass is 10.0. The molecule has 0 radical (unpaired) electrons. The van der Waals surface area contributed by atoms with Crippen LogP contribution >= 0.6 is 0 Å². The molecular weight excluding hydrogens is 594 g/mol. The summed E-state index contributed by atoms with van der Waals surface area (Å²) in [6.07, 6.45) is -1.33. The molecule has 2 N–H and O–H groups in total. The number of ether oxygens (including phenoxy) is 1. The molecule has 0 bridgehead atoms. The van der Waals surface area contributed by atoms with Crippen molar-refractivity contribution in [1.29, 1.82) is 0 Å². The first-order chi connectivity index (χ1) is 20.3. The Bertz CT molecular complexity index is 1560. The summed E-state index contributed by atoms with van der Waals surface area (Å²) in [5, 5.41) is 14.2. The quantitative estimate of drug-likeness (QED) is 0.179. The molecule has 0 aliphatic heterocycles. The summed E-state index contributed by atoms with van der Waals surface area (Å²) >= 11 is 0. The maximum atomic E-state index is 13.6. The predicted octanol–water partition coefficient (Wildman–Crippen LogP) is 3.61. The standard InChI is InChI=1S/C30H37N3O8S2/c1-22(2)19-33(43(39,40)28-15-9-25(10-16-28)18-31-36)20-30(35)29(17-24-7-5-4-6-8-24)32-42(37,38)27-13-11-26(12-14-27)21-41-23(3)34/h4-16,22,29-30,32,35H,17-21H2,1-3H3/t29-,30+/m0/s1. The number of rotatable bonds is 16. The number of esters is 1. The van der Waals surface area contributed by atoms with Gasteiger partial charge in [-0.15, -0.1) is 0 Å². The lowest BCUT2D eigenvalue weighted by Crippen LogP contribution is -2.51. The number of aliphatic hydroxyl groups excluding tert-OH is 1. The largest absolute Gasteiger partial charge is 0.461 e. The van der Waals surface area contributed by atoms with Crippen molar-refractivity contribution in [3.05, 3.63) is 100 Å². The van der Waals surface area contributed by atoms with Crippen LogP contribution in [0.25, 0.3) is 0 Å². The summed E-state index contributed by atoms with van der Waals surface area (Å²) < 4.78 is 62.8. The molecule has 0 unspecified atom stereocenters. The Morgan fingerprint density at radius 1 is 0.860 bits per heavy atom. The summed E-state index contributed by atoms with van der Waals surface area (Å²) in [5.41, 5.74) is 1.89. The van der Waals surface area contributed by atoms with Gasteiger partial charge in [0.1, 0.15) is 13.2 Å². The number of hydrogen-bond acceptors (Lipinski definition) is 9. The molecule has 3 aromatic rings. The molecule has 0 aliphatic carbocycles. The molecule has 3 rings (SSSR count). The third kappa shape index (κ3) is 10.0. The van der Waals surface area contributed by atoms with Gasteiger partial charge in [0.05, 0.1) is 21.9 Å². The number of nitrogens with one attached hydrogen (secondary N) is 1. The van der Waals surface area contributed by atoms with Crippen LogP contribution in [0.3, 0.4) is 0 Å². The van der Waals surface area contributed by atoms with Gasteiger partial charge < -0.3 is 9.84 Å². The van der Waals surface area contributed by atoms with E-state index in [2.05, 4.69) is 9.90 Å². The van der Waals surface area contributed by atoms with Crippen molar-refractivity contribution in [2.24, 2.45) is 11.1 Å². The van der Waals surface area contributed by atoms with Gasteiger partial charge in [0.25, 0.3) is 0 Å². The Kier molecular flexibility index (Phi) is 12.1. The van der Waals surface area contributed by atoms with Gasteiger partial charge in [0, 0.05) is 20.0 Å². The molecule has 0 spiro atoms. The third-order valence-corrected chi connectivity index (χ3v) is 9.86. The second-order valence-electron chi connectivity index (χ2n) is 10.6. The minimum absolute atomic E-state index is 0.00466. The summed E-state index contributed by atoms with van der Waals surface area (Å²) in [4.78, 5) is 21.6. The van der Waals surface area contributed by atoms with Gasteiger partial charge in [0.15, 0.2) is 0 Å². The van der Waals surface area contributed by atoms with E-state index in [1.165, 1.54) is 55.5 Å². The Morgan fingerprint density at radius 3 is 2.00 bits per heavy atom. The molecule has 232 valence electrons. The van der Waals surface area contributed by atoms with Crippen LogP contribution in [0.5, 0.6) is 0 Å². The Hall–Kier alpha value is -3.49. The van der Waals surface area contributed by atoms with Crippen LogP contribution in [0.2, 0.25) is 0 Å². The van der Waals surface area contributed by atoms with Crippen LogP contribution in [0.1, 0.15) is 37.5 Å². The van der Waals surface area contributed by atoms with Crippen LogP contribution in [0.4, 0.5) is 0 Å². The van der Waals surface area contributed by atoms with Gasteiger partial charge in [-0.2, -0.15) is 9.21 Å². The number of hydrogen-bond donors (Lipinski definition) is 2. The van der Waals surface area contributed by atoms with Crippen molar-refractivity contribution in [3.63, 3.8) is 0 Å². The van der Waals surface area contributed by atoms with E-state index in [4.69, 9.17) is 4.74 Å². The van der Waals surface area contributed by atoms with Crippen molar-refractivity contribution < 1.29 is 31.5 Å². The third-order valence-electron chi connectivity index (χ3n) is 6.51. The van der Waals surface area contributed by atoms with Gasteiger partial charge in [-0.05, 0) is 53.3 Å². The van der Waals surface area contributed by atoms with Gasteiger partial charge in [-0.1, -0.05) is 73.6 Å². The van der Waals surface area contributed by atoms with Crippen molar-refractivity contribution >= 4 is 26.0 Å². The van der Waals surface area contributed by atoms with Gasteiger partial charge in [-0.25, -0.2) is 21.6 Å². The maximum absolute atomic E-state index is 13.6. The fraction of sp³-hybridized carbons (Fsp3) is 0.367. The molecule has 3 aromatic carbocycles. The van der Waals surface area contributed by atoms with Crippen molar-refractivity contribution in [1.82, 2.24) is 9.03 Å². The highest BCUT2D eigenvalue weighted by molar-refractivity contribution is 7.89. The summed E-state index contributed by atoms with van der Waals surface area (Å²) in [6, 6.07) is 19.4. The molecule has 0 saturated heterocycles. The average Bonchev–Trinajstić information content (AvgIpc) is 2.96. The number of carbonyl (C=O) groups is 1. The van der Waals surface area contributed by atoms with E-state index in [0.29, 0.717) is 11.1 Å². The van der Waals surface area contributed by atoms with Gasteiger partial charge in [0.2, 0.25) is 20.0 Å². The van der Waals surface area contributed by atoms with Crippen molar-refractivity contribution in [3.8, 4) is 0 Å². The van der Waals surface area contributed by atoms with Crippen LogP contribution in [0, 0.1) is 10.8 Å². The molecule has 11 nitrogen and oxygen atoms in total. The number of nitroso groups, excluding NO2 is 1. The molecule has 0 amide bonds. The molecule has 43 heavy (non-hydrogen) atoms. The highest BCUT2D eigenvalue weighted by Crippen LogP contribution is 2.21. The zero-order valence-electron chi connectivity index (χ0n) is 24.3. The van der Waals surface area contributed by atoms with Gasteiger partial charge >= 0.3 is 5.97 Å². The van der Waals surface area contributed by atoms with E-state index < -0.39 is 38.2 Å². The first kappa shape index (κ1) is 34.0. The van der Waals surface area contributed by atoms with Crippen molar-refractivity contribution in [2.45, 2.75) is 62.3 Å². The highest BCUT2D eigenvalue weighted by Gasteiger charge is 2.33. The van der Waals surface area contributed by atoms with E-state index in [9.17, 15) is 31.6 Å². The molecule has 0 saturated carbocycles. The van der Waals surface area contributed by atoms with Crippen LogP contribution in [-0.2, 0) is 49.2 Å². The lowest BCUT2D eigenvalue weighted by Gasteiger charge is -2.30. The minimum atomic E-state index is -4.15. The molecule has 13 heteroatoms. The first-order valence-corrected chi connectivity index (χ1v) is 16.6. The molecule has 0 aromatic heterocycles. The normalized spacial score (nSPS) is 13.5. The summed E-state index contributed by atoms with van der Waals surface area (Å²) in [7, 11) is -8.24. The van der Waals surface area contributed by atoms with Crippen molar-refractivity contribution in [2.75, 3.05) is 13.1 Å². The van der Waals surface area contributed by atoms with Crippen LogP contribution < -0.4 is 4.72 Å². The average molecular weight is 632 g/mol. The second-order valence-corrected chi connectivity index (χ2v) is 14.2. The van der Waals surface area contributed by atoms with E-state index in [-0.39, 0.29) is 48.4 Å². The number of sulfonamides is 2. The topological polar surface area (TPSA) is 160 Å². The first-order valence-electron chi connectivity index (χ1n) is 13.7. The zero-order valence-corrected chi connectivity index (χ0v) is 25.9. The number of aliphatic hydroxyl groups is 1. The molecule has 0 aliphatic rings. The van der Waals surface area contributed by atoms with Gasteiger partial charge in [-0.3, -0.25) is 4.79 Å². The SMILES string of the molecule is CC(=O)OCc1ccc(S(=O)(=O)N[C@@H](Cc2ccccc2)[C@H](O)CN(CC(C)C)S(=O)(=O)c2ccc(CN=O)cc2)cc1. The Labute approximate surface area is 253 Å². The Morgan fingerprint density at radius 2 is 1.44 bits per heavy atom. The summed E-state index contributed by atoms with van der Waals surface area (Å²) in [6.45, 7) is 4.55. The Balaban J connectivity index is 1.89. The number of carbonyl (C=O) groups excluding carboxylic acids is 1. The molecular formula is C30H37N3O8S2. The highest BCUT2D eigenvalue weighted by atomic mass is 32.2. The van der Waals surface area contributed by atoms with Crippen LogP contribution in [-0.4, -0.2) is 57.5 Å². The minimum Gasteiger partial charge on any atom is -0.461 e. The van der Waals surface area contributed by atoms with Crippen LogP contribution in [0.15, 0.2) is 93.8 Å². The maximum Gasteiger partial charge on any atom is 0.302 e. The fourth-order valence-electron chi connectivity index (χ4n) is 4.35. The number of benzene rings is 3. The van der Waals surface area contributed by atoms with E-state index in [1.54, 1.807) is 24.3 Å². The molecule has 2 atom stereocenters. The predicted molar refractivity (Wildman–Crippen MR) is 162 cm³/mol. The second kappa shape index (κ2) is 15.3. The fourth-order valence-corrected chi connectivity index (χ4v) is 7.24. The van der Waals surface area contributed by atoms with E-state index in [0.717, 1.165) is 9.87 Å². The molecule has 0 fully saturated rings. The zero-order chi connectivity index (χ0) is 31.6. The lowest BCUT2D eigenvalue weighted by molar-refractivity contribution is -0.142. The smallest absolute Gasteiger partial charge is 0.302 e. The van der Waals surface area contributed by atoms with E-state index in [1.807, 2.05) is 19.9 Å².